The Hall–Kier alpha value is -3.16. The molecule has 0 aliphatic carbocycles. The number of carboxylic acid groups (broad SMARTS) is 1. The smallest absolute Gasteiger partial charge is 0.326 e. The number of hydrogen-bond acceptors (Lipinski definition) is 5. The summed E-state index contributed by atoms with van der Waals surface area (Å²) in [4.78, 5) is 37.7. The number of carboxylic acids is 1. The Morgan fingerprint density at radius 1 is 1.27 bits per heavy atom. The van der Waals surface area contributed by atoms with Gasteiger partial charge in [0.2, 0.25) is 5.76 Å². The molecule has 0 spiro atoms. The van der Waals surface area contributed by atoms with Crippen LogP contribution in [-0.4, -0.2) is 45.5 Å². The van der Waals surface area contributed by atoms with E-state index < -0.39 is 17.9 Å². The number of piperidine rings is 1. The summed E-state index contributed by atoms with van der Waals surface area (Å²) in [6.07, 6.45) is 2.01. The van der Waals surface area contributed by atoms with Crippen molar-refractivity contribution in [2.75, 3.05) is 11.9 Å². The molecule has 1 aliphatic heterocycles. The topological polar surface area (TPSA) is 113 Å². The fourth-order valence-electron chi connectivity index (χ4n) is 2.99. The maximum absolute atomic E-state index is 12.7. The molecule has 2 N–H and O–H groups in total. The van der Waals surface area contributed by atoms with Crippen molar-refractivity contribution in [3.8, 4) is 0 Å². The molecule has 1 unspecified atom stereocenters. The number of aromatic nitrogens is 1. The largest absolute Gasteiger partial charge is 0.480 e. The average molecular weight is 357 g/mol. The molecule has 0 saturated carbocycles. The summed E-state index contributed by atoms with van der Waals surface area (Å²) in [6.45, 7) is 2.11. The molecule has 8 heteroatoms. The number of nitrogens with one attached hydrogen (secondary N) is 1. The zero-order valence-corrected chi connectivity index (χ0v) is 14.3. The molecule has 8 nitrogen and oxygen atoms in total. The van der Waals surface area contributed by atoms with Crippen LogP contribution >= 0.6 is 0 Å². The molecule has 0 radical (unpaired) electrons. The van der Waals surface area contributed by atoms with Crippen LogP contribution < -0.4 is 5.32 Å². The molecule has 1 atom stereocenters. The SMILES string of the molecule is Cc1cc(C(=O)Nc2cccc(C(=O)N3CCCCC3C(=O)O)c2)on1. The van der Waals surface area contributed by atoms with Crippen LogP contribution in [0.5, 0.6) is 0 Å². The van der Waals surface area contributed by atoms with Crippen molar-refractivity contribution in [2.45, 2.75) is 32.2 Å². The standard InChI is InChI=1S/C18H19N3O5/c1-11-9-15(26-20-11)16(22)19-13-6-4-5-12(10-13)17(23)21-8-3-2-7-14(21)18(24)25/h4-6,9-10,14H,2-3,7-8H2,1H3,(H,19,22)(H,24,25). The lowest BCUT2D eigenvalue weighted by Gasteiger charge is -2.33. The van der Waals surface area contributed by atoms with E-state index in [-0.39, 0.29) is 11.7 Å². The van der Waals surface area contributed by atoms with Gasteiger partial charge in [-0.05, 0) is 44.4 Å². The van der Waals surface area contributed by atoms with E-state index in [9.17, 15) is 19.5 Å². The first-order chi connectivity index (χ1) is 12.5. The fourth-order valence-corrected chi connectivity index (χ4v) is 2.99. The van der Waals surface area contributed by atoms with Crippen LogP contribution in [0.25, 0.3) is 0 Å². The van der Waals surface area contributed by atoms with Gasteiger partial charge in [0.15, 0.2) is 0 Å². The second-order valence-corrected chi connectivity index (χ2v) is 6.22. The van der Waals surface area contributed by atoms with Crippen molar-refractivity contribution in [3.63, 3.8) is 0 Å². The number of carbonyl (C=O) groups is 3. The minimum Gasteiger partial charge on any atom is -0.480 e. The third kappa shape index (κ3) is 3.74. The third-order valence-corrected chi connectivity index (χ3v) is 4.27. The molecular weight excluding hydrogens is 338 g/mol. The molecule has 1 saturated heterocycles. The van der Waals surface area contributed by atoms with Crippen LogP contribution in [0, 0.1) is 6.92 Å². The lowest BCUT2D eigenvalue weighted by Crippen LogP contribution is -2.48. The van der Waals surface area contributed by atoms with Crippen LogP contribution in [0.15, 0.2) is 34.9 Å². The van der Waals surface area contributed by atoms with Crippen LogP contribution in [0.4, 0.5) is 5.69 Å². The predicted octanol–water partition coefficient (Wildman–Crippen LogP) is 2.31. The number of nitrogens with zero attached hydrogens (tertiary/aromatic N) is 2. The summed E-state index contributed by atoms with van der Waals surface area (Å²) >= 11 is 0. The van der Waals surface area contributed by atoms with E-state index in [2.05, 4.69) is 10.5 Å². The van der Waals surface area contributed by atoms with E-state index >= 15 is 0 Å². The van der Waals surface area contributed by atoms with Gasteiger partial charge < -0.3 is 19.8 Å². The second kappa shape index (κ2) is 7.38. The number of hydrogen-bond donors (Lipinski definition) is 2. The molecule has 136 valence electrons. The van der Waals surface area contributed by atoms with Gasteiger partial charge in [-0.2, -0.15) is 0 Å². The van der Waals surface area contributed by atoms with Crippen molar-refractivity contribution >= 4 is 23.5 Å². The van der Waals surface area contributed by atoms with Crippen molar-refractivity contribution in [2.24, 2.45) is 0 Å². The molecule has 1 aromatic heterocycles. The van der Waals surface area contributed by atoms with Crippen LogP contribution in [0.2, 0.25) is 0 Å². The van der Waals surface area contributed by atoms with E-state index in [1.165, 1.54) is 17.0 Å². The van der Waals surface area contributed by atoms with Gasteiger partial charge in [0.05, 0.1) is 5.69 Å². The molecule has 1 aliphatic rings. The van der Waals surface area contributed by atoms with Crippen LogP contribution in [0.3, 0.4) is 0 Å². The molecular formula is C18H19N3O5. The number of amides is 2. The Kier molecular flexibility index (Phi) is 5.01. The lowest BCUT2D eigenvalue weighted by molar-refractivity contribution is -0.143. The highest BCUT2D eigenvalue weighted by Gasteiger charge is 2.32. The summed E-state index contributed by atoms with van der Waals surface area (Å²) in [5.41, 5.74) is 1.33. The summed E-state index contributed by atoms with van der Waals surface area (Å²) in [6, 6.07) is 7.10. The highest BCUT2D eigenvalue weighted by molar-refractivity contribution is 6.03. The number of aryl methyl sites for hydroxylation is 1. The van der Waals surface area contributed by atoms with Crippen LogP contribution in [0.1, 0.15) is 45.9 Å². The van der Waals surface area contributed by atoms with Gasteiger partial charge in [0.25, 0.3) is 11.8 Å². The molecule has 2 amide bonds. The highest BCUT2D eigenvalue weighted by Crippen LogP contribution is 2.21. The Morgan fingerprint density at radius 3 is 2.77 bits per heavy atom. The number of aliphatic carboxylic acids is 1. The lowest BCUT2D eigenvalue weighted by atomic mass is 10.0. The Balaban J connectivity index is 1.77. The number of benzene rings is 1. The van der Waals surface area contributed by atoms with Gasteiger partial charge in [0.1, 0.15) is 6.04 Å². The van der Waals surface area contributed by atoms with E-state index in [0.717, 1.165) is 12.8 Å². The maximum Gasteiger partial charge on any atom is 0.326 e. The summed E-state index contributed by atoms with van der Waals surface area (Å²) in [5.74, 6) is -1.76. The number of anilines is 1. The van der Waals surface area contributed by atoms with Gasteiger partial charge in [-0.25, -0.2) is 4.79 Å². The van der Waals surface area contributed by atoms with Gasteiger partial charge in [0, 0.05) is 23.9 Å². The average Bonchev–Trinajstić information content (AvgIpc) is 3.08. The molecule has 2 heterocycles. The van der Waals surface area contributed by atoms with E-state index in [4.69, 9.17) is 4.52 Å². The molecule has 0 bridgehead atoms. The van der Waals surface area contributed by atoms with Gasteiger partial charge in [-0.3, -0.25) is 9.59 Å². The molecule has 26 heavy (non-hydrogen) atoms. The van der Waals surface area contributed by atoms with Crippen molar-refractivity contribution in [1.82, 2.24) is 10.1 Å². The zero-order valence-electron chi connectivity index (χ0n) is 14.3. The van der Waals surface area contributed by atoms with Gasteiger partial charge in [-0.1, -0.05) is 11.2 Å². The Morgan fingerprint density at radius 2 is 2.08 bits per heavy atom. The van der Waals surface area contributed by atoms with Crippen molar-refractivity contribution in [1.29, 1.82) is 0 Å². The van der Waals surface area contributed by atoms with Gasteiger partial charge >= 0.3 is 5.97 Å². The third-order valence-electron chi connectivity index (χ3n) is 4.27. The quantitative estimate of drug-likeness (QED) is 0.868. The van der Waals surface area contributed by atoms with E-state index in [0.29, 0.717) is 29.9 Å². The zero-order chi connectivity index (χ0) is 18.7. The Bertz CT molecular complexity index is 845. The predicted molar refractivity (Wildman–Crippen MR) is 91.9 cm³/mol. The summed E-state index contributed by atoms with van der Waals surface area (Å²) < 4.78 is 4.91. The minimum atomic E-state index is -0.997. The van der Waals surface area contributed by atoms with E-state index in [1.807, 2.05) is 0 Å². The highest BCUT2D eigenvalue weighted by atomic mass is 16.5. The molecule has 1 fully saturated rings. The first kappa shape index (κ1) is 17.7. The second-order valence-electron chi connectivity index (χ2n) is 6.22. The normalized spacial score (nSPS) is 17.0. The van der Waals surface area contributed by atoms with Crippen molar-refractivity contribution < 1.29 is 24.0 Å². The number of likely N-dealkylation sites (tertiary alicyclic amines) is 1. The first-order valence-corrected chi connectivity index (χ1v) is 8.34. The monoisotopic (exact) mass is 357 g/mol. The number of rotatable bonds is 4. The molecule has 2 aromatic rings. The minimum absolute atomic E-state index is 0.0706. The first-order valence-electron chi connectivity index (χ1n) is 8.34. The van der Waals surface area contributed by atoms with Crippen LogP contribution in [-0.2, 0) is 4.79 Å². The summed E-state index contributed by atoms with van der Waals surface area (Å²) in [7, 11) is 0. The number of carbonyl (C=O) groups excluding carboxylic acids is 2. The van der Waals surface area contributed by atoms with Crippen molar-refractivity contribution in [3.05, 3.63) is 47.3 Å². The maximum atomic E-state index is 12.7. The van der Waals surface area contributed by atoms with E-state index in [1.54, 1.807) is 25.1 Å². The molecule has 1 aromatic carbocycles. The van der Waals surface area contributed by atoms with Gasteiger partial charge in [-0.15, -0.1) is 0 Å². The Labute approximate surface area is 149 Å². The summed E-state index contributed by atoms with van der Waals surface area (Å²) in [5, 5.41) is 15.6. The fraction of sp³-hybridized carbons (Fsp3) is 0.333. The molecule has 3 rings (SSSR count).